The highest BCUT2D eigenvalue weighted by Gasteiger charge is 2.08. The number of carboxylic acid groups (broad SMARTS) is 1. The smallest absolute Gasteiger partial charge is 0.330 e. The fourth-order valence-electron chi connectivity index (χ4n) is 1.21. The molecule has 0 aromatic heterocycles. The minimum atomic E-state index is -0.805. The van der Waals surface area contributed by atoms with E-state index < -0.39 is 5.97 Å². The molecule has 14 heavy (non-hydrogen) atoms. The monoisotopic (exact) mass is 198 g/mol. The summed E-state index contributed by atoms with van der Waals surface area (Å²) < 4.78 is 0. The molecule has 0 saturated heterocycles. The molecule has 0 amide bonds. The molecule has 0 fully saturated rings. The van der Waals surface area contributed by atoms with Gasteiger partial charge in [-0.3, -0.25) is 0 Å². The molecule has 0 rings (SSSR count). The van der Waals surface area contributed by atoms with Gasteiger partial charge >= 0.3 is 5.97 Å². The third-order valence-corrected chi connectivity index (χ3v) is 2.17. The van der Waals surface area contributed by atoms with Gasteiger partial charge in [-0.05, 0) is 31.6 Å². The van der Waals surface area contributed by atoms with Crippen LogP contribution in [0.2, 0.25) is 0 Å². The first-order chi connectivity index (χ1) is 6.33. The first-order valence-electron chi connectivity index (χ1n) is 5.23. The van der Waals surface area contributed by atoms with Gasteiger partial charge in [0.25, 0.3) is 0 Å². The maximum atomic E-state index is 10.5. The average molecular weight is 198 g/mol. The number of carboxylic acids is 1. The lowest BCUT2D eigenvalue weighted by molar-refractivity contribution is -0.132. The molecular formula is C12H22O2. The molecule has 0 atom stereocenters. The van der Waals surface area contributed by atoms with E-state index in [9.17, 15) is 4.79 Å². The molecule has 1 N–H and O–H groups in total. The van der Waals surface area contributed by atoms with Crippen LogP contribution < -0.4 is 0 Å². The number of carbonyl (C=O) groups is 1. The molecule has 0 radical (unpaired) electrons. The van der Waals surface area contributed by atoms with Crippen LogP contribution in [-0.2, 0) is 4.79 Å². The molecule has 0 bridgehead atoms. The first-order valence-corrected chi connectivity index (χ1v) is 5.23. The fraction of sp³-hybridized carbons (Fsp3) is 0.750. The van der Waals surface area contributed by atoms with Crippen LogP contribution >= 0.6 is 0 Å². The molecule has 2 nitrogen and oxygen atoms in total. The normalized spacial score (nSPS) is 13.0. The van der Waals surface area contributed by atoms with Crippen molar-refractivity contribution in [2.75, 3.05) is 0 Å². The Morgan fingerprint density at radius 3 is 2.29 bits per heavy atom. The second kappa shape index (κ2) is 5.84. The van der Waals surface area contributed by atoms with Crippen LogP contribution in [0.5, 0.6) is 0 Å². The van der Waals surface area contributed by atoms with Crippen molar-refractivity contribution in [3.8, 4) is 0 Å². The summed E-state index contributed by atoms with van der Waals surface area (Å²) in [5.41, 5.74) is 0.853. The van der Waals surface area contributed by atoms with Crippen LogP contribution in [0.25, 0.3) is 0 Å². The zero-order chi connectivity index (χ0) is 11.2. The summed E-state index contributed by atoms with van der Waals surface area (Å²) in [6, 6.07) is 0. The van der Waals surface area contributed by atoms with Crippen LogP contribution in [0.1, 0.15) is 53.4 Å². The molecule has 0 aliphatic heterocycles. The van der Waals surface area contributed by atoms with Gasteiger partial charge in [0.05, 0.1) is 0 Å². The summed E-state index contributed by atoms with van der Waals surface area (Å²) in [4.78, 5) is 10.5. The highest BCUT2D eigenvalue weighted by Crippen LogP contribution is 2.22. The van der Waals surface area contributed by atoms with Crippen molar-refractivity contribution >= 4 is 5.97 Å². The molecule has 0 aliphatic rings. The first kappa shape index (κ1) is 13.2. The molecule has 0 aromatic carbocycles. The summed E-state index contributed by atoms with van der Waals surface area (Å²) in [6.45, 7) is 8.33. The molecule has 0 unspecified atom stereocenters. The van der Waals surface area contributed by atoms with Gasteiger partial charge in [0.2, 0.25) is 0 Å². The molecule has 0 aromatic rings. The van der Waals surface area contributed by atoms with Gasteiger partial charge in [0.15, 0.2) is 0 Å². The third kappa shape index (κ3) is 7.84. The molecular weight excluding hydrogens is 176 g/mol. The number of aliphatic carboxylic acids is 1. The number of unbranched alkanes of at least 4 members (excludes halogenated alkanes) is 2. The van der Waals surface area contributed by atoms with E-state index in [0.29, 0.717) is 11.0 Å². The lowest BCUT2D eigenvalue weighted by Gasteiger charge is -2.17. The molecule has 0 spiro atoms. The van der Waals surface area contributed by atoms with Crippen LogP contribution in [0.4, 0.5) is 0 Å². The summed E-state index contributed by atoms with van der Waals surface area (Å²) in [6.07, 6.45) is 6.15. The Hall–Kier alpha value is -0.790. The molecule has 2 heteroatoms. The van der Waals surface area contributed by atoms with E-state index in [2.05, 4.69) is 20.8 Å². The van der Waals surface area contributed by atoms with Gasteiger partial charge in [0, 0.05) is 5.57 Å². The summed E-state index contributed by atoms with van der Waals surface area (Å²) in [5.74, 6) is -0.805. The Labute approximate surface area is 87.0 Å². The quantitative estimate of drug-likeness (QED) is 0.541. The SMILES string of the molecule is C/C(=C\CCCCC(C)(C)C)C(=O)O. The molecule has 0 aliphatic carbocycles. The van der Waals surface area contributed by atoms with E-state index in [0.717, 1.165) is 12.8 Å². The number of allylic oxidation sites excluding steroid dienone is 1. The van der Waals surface area contributed by atoms with Crippen LogP contribution in [0.15, 0.2) is 11.6 Å². The minimum absolute atomic E-state index is 0.394. The highest BCUT2D eigenvalue weighted by atomic mass is 16.4. The Balaban J connectivity index is 3.57. The Morgan fingerprint density at radius 1 is 1.29 bits per heavy atom. The third-order valence-electron chi connectivity index (χ3n) is 2.17. The zero-order valence-corrected chi connectivity index (χ0v) is 9.76. The van der Waals surface area contributed by atoms with Crippen LogP contribution in [0, 0.1) is 5.41 Å². The fourth-order valence-corrected chi connectivity index (χ4v) is 1.21. The Morgan fingerprint density at radius 2 is 1.86 bits per heavy atom. The van der Waals surface area contributed by atoms with E-state index in [1.165, 1.54) is 12.8 Å². The number of hydrogen-bond donors (Lipinski definition) is 1. The standard InChI is InChI=1S/C12H22O2/c1-10(11(13)14)8-6-5-7-9-12(2,3)4/h8H,5-7,9H2,1-4H3,(H,13,14)/b10-8+. The largest absolute Gasteiger partial charge is 0.478 e. The van der Waals surface area contributed by atoms with E-state index in [-0.39, 0.29) is 0 Å². The van der Waals surface area contributed by atoms with Crippen molar-refractivity contribution < 1.29 is 9.90 Å². The van der Waals surface area contributed by atoms with Gasteiger partial charge in [0.1, 0.15) is 0 Å². The van der Waals surface area contributed by atoms with Crippen molar-refractivity contribution in [3.63, 3.8) is 0 Å². The van der Waals surface area contributed by atoms with Gasteiger partial charge in [-0.15, -0.1) is 0 Å². The number of hydrogen-bond acceptors (Lipinski definition) is 1. The maximum Gasteiger partial charge on any atom is 0.330 e. The second-order valence-corrected chi connectivity index (χ2v) is 5.00. The van der Waals surface area contributed by atoms with Crippen molar-refractivity contribution in [2.45, 2.75) is 53.4 Å². The molecule has 0 heterocycles. The van der Waals surface area contributed by atoms with Gasteiger partial charge in [-0.1, -0.05) is 33.3 Å². The van der Waals surface area contributed by atoms with Crippen molar-refractivity contribution in [3.05, 3.63) is 11.6 Å². The van der Waals surface area contributed by atoms with Crippen LogP contribution in [-0.4, -0.2) is 11.1 Å². The van der Waals surface area contributed by atoms with E-state index in [1.54, 1.807) is 6.92 Å². The molecule has 82 valence electrons. The molecule has 0 saturated carbocycles. The van der Waals surface area contributed by atoms with Crippen molar-refractivity contribution in [1.29, 1.82) is 0 Å². The summed E-state index contributed by atoms with van der Waals surface area (Å²) in [7, 11) is 0. The Bertz CT molecular complexity index is 209. The predicted molar refractivity (Wildman–Crippen MR) is 59.3 cm³/mol. The second-order valence-electron chi connectivity index (χ2n) is 5.00. The van der Waals surface area contributed by atoms with Crippen LogP contribution in [0.3, 0.4) is 0 Å². The maximum absolute atomic E-state index is 10.5. The lowest BCUT2D eigenvalue weighted by atomic mass is 9.89. The van der Waals surface area contributed by atoms with E-state index in [4.69, 9.17) is 5.11 Å². The average Bonchev–Trinajstić information content (AvgIpc) is 2.01. The van der Waals surface area contributed by atoms with Gasteiger partial charge in [-0.2, -0.15) is 0 Å². The summed E-state index contributed by atoms with van der Waals surface area (Å²) >= 11 is 0. The van der Waals surface area contributed by atoms with E-state index in [1.807, 2.05) is 6.08 Å². The van der Waals surface area contributed by atoms with E-state index >= 15 is 0 Å². The summed E-state index contributed by atoms with van der Waals surface area (Å²) in [5, 5.41) is 8.60. The predicted octanol–water partition coefficient (Wildman–Crippen LogP) is 3.62. The van der Waals surface area contributed by atoms with Crippen molar-refractivity contribution in [2.24, 2.45) is 5.41 Å². The minimum Gasteiger partial charge on any atom is -0.478 e. The highest BCUT2D eigenvalue weighted by molar-refractivity contribution is 5.85. The topological polar surface area (TPSA) is 37.3 Å². The number of rotatable bonds is 5. The zero-order valence-electron chi connectivity index (χ0n) is 9.76. The van der Waals surface area contributed by atoms with Gasteiger partial charge < -0.3 is 5.11 Å². The van der Waals surface area contributed by atoms with Crippen molar-refractivity contribution in [1.82, 2.24) is 0 Å². The van der Waals surface area contributed by atoms with Gasteiger partial charge in [-0.25, -0.2) is 4.79 Å². The Kier molecular flexibility index (Phi) is 5.51. The lowest BCUT2D eigenvalue weighted by Crippen LogP contribution is -2.03.